The van der Waals surface area contributed by atoms with Gasteiger partial charge in [-0.05, 0) is 31.4 Å². The Hall–Kier alpha value is -1.13. The molecule has 20 heavy (non-hydrogen) atoms. The molecule has 1 aliphatic carbocycles. The van der Waals surface area contributed by atoms with Gasteiger partial charge in [-0.1, -0.05) is 25.7 Å². The summed E-state index contributed by atoms with van der Waals surface area (Å²) in [6.45, 7) is 1.74. The molecule has 0 saturated heterocycles. The van der Waals surface area contributed by atoms with Crippen molar-refractivity contribution >= 4 is 0 Å². The van der Waals surface area contributed by atoms with Gasteiger partial charge in [-0.15, -0.1) is 0 Å². The predicted molar refractivity (Wildman–Crippen MR) is 75.1 cm³/mol. The molecular weight excluding hydrogens is 259 g/mol. The lowest BCUT2D eigenvalue weighted by Gasteiger charge is -2.18. The van der Waals surface area contributed by atoms with Crippen LogP contribution in [-0.4, -0.2) is 22.9 Å². The molecule has 0 aromatic heterocycles. The van der Waals surface area contributed by atoms with Crippen LogP contribution >= 0.6 is 0 Å². The van der Waals surface area contributed by atoms with E-state index in [1.165, 1.54) is 43.9 Å². The maximum atomic E-state index is 13.2. The SMILES string of the molecule is C[C@@H](O)c1ccc(F)cc1OCC(O)CC1CCCC1. The van der Waals surface area contributed by atoms with E-state index in [2.05, 4.69) is 0 Å². The molecule has 0 radical (unpaired) electrons. The van der Waals surface area contributed by atoms with Gasteiger partial charge in [0.1, 0.15) is 18.2 Å². The minimum absolute atomic E-state index is 0.139. The Balaban J connectivity index is 1.90. The van der Waals surface area contributed by atoms with Gasteiger partial charge in [0, 0.05) is 11.6 Å². The molecule has 0 spiro atoms. The monoisotopic (exact) mass is 282 g/mol. The van der Waals surface area contributed by atoms with Crippen LogP contribution in [0.15, 0.2) is 18.2 Å². The second-order valence-electron chi connectivity index (χ2n) is 5.71. The Morgan fingerprint density at radius 2 is 2.00 bits per heavy atom. The van der Waals surface area contributed by atoms with Gasteiger partial charge in [-0.3, -0.25) is 0 Å². The number of rotatable bonds is 6. The Morgan fingerprint density at radius 3 is 2.65 bits per heavy atom. The standard InChI is InChI=1S/C16H23FO3/c1-11(18)15-7-6-13(17)9-16(15)20-10-14(19)8-12-4-2-3-5-12/h6-7,9,11-12,14,18-19H,2-5,8,10H2,1H3/t11-,14?/m1/s1. The van der Waals surface area contributed by atoms with E-state index in [1.807, 2.05) is 0 Å². The molecule has 2 rings (SSSR count). The molecule has 3 nitrogen and oxygen atoms in total. The van der Waals surface area contributed by atoms with Crippen LogP contribution in [0.25, 0.3) is 0 Å². The van der Waals surface area contributed by atoms with Gasteiger partial charge in [0.25, 0.3) is 0 Å². The smallest absolute Gasteiger partial charge is 0.128 e. The molecule has 0 amide bonds. The predicted octanol–water partition coefficient (Wildman–Crippen LogP) is 3.20. The van der Waals surface area contributed by atoms with E-state index in [1.54, 1.807) is 6.92 Å². The van der Waals surface area contributed by atoms with E-state index in [4.69, 9.17) is 4.74 Å². The molecule has 0 aliphatic heterocycles. The highest BCUT2D eigenvalue weighted by atomic mass is 19.1. The van der Waals surface area contributed by atoms with Crippen molar-refractivity contribution < 1.29 is 19.3 Å². The summed E-state index contributed by atoms with van der Waals surface area (Å²) in [5.74, 6) is 0.484. The van der Waals surface area contributed by atoms with Crippen molar-refractivity contribution in [3.8, 4) is 5.75 Å². The Kier molecular flexibility index (Phi) is 5.38. The normalized spacial score (nSPS) is 19.0. The topological polar surface area (TPSA) is 49.7 Å². The minimum Gasteiger partial charge on any atom is -0.490 e. The maximum Gasteiger partial charge on any atom is 0.128 e. The van der Waals surface area contributed by atoms with Crippen molar-refractivity contribution in [2.45, 2.75) is 51.2 Å². The van der Waals surface area contributed by atoms with Gasteiger partial charge in [0.2, 0.25) is 0 Å². The second-order valence-corrected chi connectivity index (χ2v) is 5.71. The highest BCUT2D eigenvalue weighted by Gasteiger charge is 2.20. The van der Waals surface area contributed by atoms with Gasteiger partial charge in [-0.2, -0.15) is 0 Å². The number of aliphatic hydroxyl groups excluding tert-OH is 2. The molecule has 0 heterocycles. The summed E-state index contributed by atoms with van der Waals surface area (Å²) in [4.78, 5) is 0. The van der Waals surface area contributed by atoms with Crippen LogP contribution in [0.1, 0.15) is 50.7 Å². The highest BCUT2D eigenvalue weighted by Crippen LogP contribution is 2.29. The lowest BCUT2D eigenvalue weighted by Crippen LogP contribution is -2.21. The number of hydrogen-bond acceptors (Lipinski definition) is 3. The van der Waals surface area contributed by atoms with E-state index in [-0.39, 0.29) is 6.61 Å². The molecule has 1 saturated carbocycles. The summed E-state index contributed by atoms with van der Waals surface area (Å²) >= 11 is 0. The van der Waals surface area contributed by atoms with Crippen LogP contribution in [0.2, 0.25) is 0 Å². The second kappa shape index (κ2) is 7.04. The number of aliphatic hydroxyl groups is 2. The number of benzene rings is 1. The van der Waals surface area contributed by atoms with Crippen LogP contribution in [0, 0.1) is 11.7 Å². The summed E-state index contributed by atoms with van der Waals surface area (Å²) in [6.07, 6.45) is 4.31. The first-order valence-electron chi connectivity index (χ1n) is 7.34. The zero-order valence-corrected chi connectivity index (χ0v) is 11.9. The fourth-order valence-electron chi connectivity index (χ4n) is 2.86. The van der Waals surface area contributed by atoms with E-state index >= 15 is 0 Å². The van der Waals surface area contributed by atoms with Crippen molar-refractivity contribution in [1.29, 1.82) is 0 Å². The van der Waals surface area contributed by atoms with E-state index in [0.29, 0.717) is 17.2 Å². The summed E-state index contributed by atoms with van der Waals surface area (Å²) in [5, 5.41) is 19.6. The Morgan fingerprint density at radius 1 is 1.30 bits per heavy atom. The van der Waals surface area contributed by atoms with E-state index < -0.39 is 18.0 Å². The first-order valence-corrected chi connectivity index (χ1v) is 7.34. The van der Waals surface area contributed by atoms with Crippen molar-refractivity contribution in [1.82, 2.24) is 0 Å². The molecule has 2 atom stereocenters. The summed E-state index contributed by atoms with van der Waals surface area (Å²) in [7, 11) is 0. The van der Waals surface area contributed by atoms with Crippen LogP contribution < -0.4 is 4.74 Å². The van der Waals surface area contributed by atoms with Gasteiger partial charge < -0.3 is 14.9 Å². The zero-order valence-electron chi connectivity index (χ0n) is 11.9. The molecule has 1 aliphatic rings. The molecule has 0 bridgehead atoms. The zero-order chi connectivity index (χ0) is 14.5. The number of halogens is 1. The lowest BCUT2D eigenvalue weighted by molar-refractivity contribution is 0.0830. The van der Waals surface area contributed by atoms with Crippen molar-refractivity contribution in [2.24, 2.45) is 5.92 Å². The molecule has 1 aromatic rings. The van der Waals surface area contributed by atoms with Crippen LogP contribution in [-0.2, 0) is 0 Å². The molecule has 4 heteroatoms. The molecule has 2 N–H and O–H groups in total. The Labute approximate surface area is 119 Å². The van der Waals surface area contributed by atoms with Gasteiger partial charge in [-0.25, -0.2) is 4.39 Å². The highest BCUT2D eigenvalue weighted by molar-refractivity contribution is 5.35. The van der Waals surface area contributed by atoms with Crippen molar-refractivity contribution in [3.63, 3.8) is 0 Å². The average Bonchev–Trinajstić information content (AvgIpc) is 2.89. The number of hydrogen-bond donors (Lipinski definition) is 2. The largest absolute Gasteiger partial charge is 0.490 e. The first kappa shape index (κ1) is 15.3. The third-order valence-electron chi connectivity index (χ3n) is 3.94. The van der Waals surface area contributed by atoms with Crippen LogP contribution in [0.5, 0.6) is 5.75 Å². The fraction of sp³-hybridized carbons (Fsp3) is 0.625. The van der Waals surface area contributed by atoms with Crippen LogP contribution in [0.4, 0.5) is 4.39 Å². The third kappa shape index (κ3) is 4.18. The van der Waals surface area contributed by atoms with E-state index in [9.17, 15) is 14.6 Å². The fourth-order valence-corrected chi connectivity index (χ4v) is 2.86. The maximum absolute atomic E-state index is 13.2. The van der Waals surface area contributed by atoms with Gasteiger partial charge >= 0.3 is 0 Å². The summed E-state index contributed by atoms with van der Waals surface area (Å²) in [5.41, 5.74) is 0.541. The van der Waals surface area contributed by atoms with Gasteiger partial charge in [0.05, 0.1) is 12.2 Å². The van der Waals surface area contributed by atoms with Crippen molar-refractivity contribution in [3.05, 3.63) is 29.6 Å². The third-order valence-corrected chi connectivity index (χ3v) is 3.94. The summed E-state index contributed by atoms with van der Waals surface area (Å²) < 4.78 is 18.7. The van der Waals surface area contributed by atoms with Crippen LogP contribution in [0.3, 0.4) is 0 Å². The minimum atomic E-state index is -0.724. The molecule has 112 valence electrons. The summed E-state index contributed by atoms with van der Waals surface area (Å²) in [6, 6.07) is 4.06. The van der Waals surface area contributed by atoms with E-state index in [0.717, 1.165) is 6.42 Å². The molecule has 1 fully saturated rings. The quantitative estimate of drug-likeness (QED) is 0.842. The number of ether oxygens (including phenoxy) is 1. The lowest BCUT2D eigenvalue weighted by atomic mass is 10.0. The Bertz CT molecular complexity index is 428. The van der Waals surface area contributed by atoms with Crippen molar-refractivity contribution in [2.75, 3.05) is 6.61 Å². The average molecular weight is 282 g/mol. The molecule has 1 unspecified atom stereocenters. The first-order chi connectivity index (χ1) is 9.56. The molecule has 1 aromatic carbocycles. The molecular formula is C16H23FO3. The van der Waals surface area contributed by atoms with Gasteiger partial charge in [0.15, 0.2) is 0 Å².